The van der Waals surface area contributed by atoms with Crippen LogP contribution in [0, 0.1) is 13.8 Å². The van der Waals surface area contributed by atoms with Crippen LogP contribution in [0.25, 0.3) is 43.5 Å². The maximum Gasteiger partial charge on any atom is 0.306 e. The Morgan fingerprint density at radius 1 is 0.800 bits per heavy atom. The lowest BCUT2D eigenvalue weighted by molar-refractivity contribution is 0.211. The third kappa shape index (κ3) is 3.18. The molecule has 0 radical (unpaired) electrons. The SMILES string of the molecule is COCCNp1oc2c(C)cc3ccccc3c2c2c(o1)c(C)cc1ccccc12. The van der Waals surface area contributed by atoms with Gasteiger partial charge in [-0.2, -0.15) is 0 Å². The highest BCUT2D eigenvalue weighted by atomic mass is 31.1. The molecule has 5 rings (SSSR count). The molecule has 0 aliphatic carbocycles. The average molecular weight is 417 g/mol. The Balaban J connectivity index is 2.06. The van der Waals surface area contributed by atoms with E-state index in [1.165, 1.54) is 21.5 Å². The van der Waals surface area contributed by atoms with Crippen molar-refractivity contribution in [3.8, 4) is 0 Å². The molecule has 0 atom stereocenters. The van der Waals surface area contributed by atoms with Gasteiger partial charge in [0.2, 0.25) is 0 Å². The van der Waals surface area contributed by atoms with E-state index in [0.29, 0.717) is 13.2 Å². The molecule has 0 spiro atoms. The highest BCUT2D eigenvalue weighted by molar-refractivity contribution is 7.38. The summed E-state index contributed by atoms with van der Waals surface area (Å²) in [7, 11) is 0.339. The lowest BCUT2D eigenvalue weighted by atomic mass is 9.95. The van der Waals surface area contributed by atoms with Crippen molar-refractivity contribution in [2.75, 3.05) is 25.3 Å². The second-order valence-corrected chi connectivity index (χ2v) is 8.77. The van der Waals surface area contributed by atoms with E-state index in [1.807, 2.05) is 0 Å². The number of fused-ring (bicyclic) bond motifs is 7. The van der Waals surface area contributed by atoms with E-state index in [-0.39, 0.29) is 0 Å². The highest BCUT2D eigenvalue weighted by Crippen LogP contribution is 2.42. The monoisotopic (exact) mass is 417 g/mol. The Labute approximate surface area is 176 Å². The van der Waals surface area contributed by atoms with Crippen LogP contribution in [0.1, 0.15) is 11.1 Å². The molecule has 4 aromatic carbocycles. The number of ether oxygens (including phenoxy) is 1. The summed E-state index contributed by atoms with van der Waals surface area (Å²) in [5.74, 6) is 0. The van der Waals surface area contributed by atoms with E-state index in [9.17, 15) is 0 Å². The Bertz CT molecular complexity index is 1330. The minimum atomic E-state index is -1.36. The Kier molecular flexibility index (Phi) is 5.00. The van der Waals surface area contributed by atoms with Crippen molar-refractivity contribution in [1.82, 2.24) is 0 Å². The van der Waals surface area contributed by atoms with Crippen LogP contribution >= 0.6 is 8.16 Å². The molecule has 1 N–H and O–H groups in total. The minimum Gasteiger partial charge on any atom is -0.408 e. The summed E-state index contributed by atoms with van der Waals surface area (Å²) in [6.07, 6.45) is 0. The summed E-state index contributed by atoms with van der Waals surface area (Å²) >= 11 is 0. The number of hydrogen-bond donors (Lipinski definition) is 1. The van der Waals surface area contributed by atoms with Crippen LogP contribution in [0.5, 0.6) is 0 Å². The molecular weight excluding hydrogens is 393 g/mol. The van der Waals surface area contributed by atoms with Crippen LogP contribution in [-0.4, -0.2) is 20.3 Å². The summed E-state index contributed by atoms with van der Waals surface area (Å²) in [5, 5.41) is 10.4. The summed E-state index contributed by atoms with van der Waals surface area (Å²) < 4.78 is 18.2. The predicted octanol–water partition coefficient (Wildman–Crippen LogP) is 7.40. The molecule has 0 aliphatic rings. The molecule has 0 aliphatic heterocycles. The molecule has 5 heteroatoms. The van der Waals surface area contributed by atoms with Crippen LogP contribution in [0.4, 0.5) is 0 Å². The first-order valence-electron chi connectivity index (χ1n) is 10.1. The lowest BCUT2D eigenvalue weighted by Crippen LogP contribution is -2.04. The van der Waals surface area contributed by atoms with Gasteiger partial charge >= 0.3 is 8.16 Å². The van der Waals surface area contributed by atoms with E-state index < -0.39 is 8.16 Å². The molecule has 0 amide bonds. The Morgan fingerprint density at radius 3 is 1.80 bits per heavy atom. The molecule has 0 bridgehead atoms. The highest BCUT2D eigenvalue weighted by Gasteiger charge is 2.16. The van der Waals surface area contributed by atoms with Crippen LogP contribution in [-0.2, 0) is 4.74 Å². The third-order valence-corrected chi connectivity index (χ3v) is 6.70. The van der Waals surface area contributed by atoms with Gasteiger partial charge in [-0.1, -0.05) is 48.5 Å². The van der Waals surface area contributed by atoms with Crippen molar-refractivity contribution >= 4 is 51.6 Å². The normalized spacial score (nSPS) is 11.7. The second kappa shape index (κ2) is 7.81. The van der Waals surface area contributed by atoms with Crippen LogP contribution in [0.3, 0.4) is 0 Å². The first-order chi connectivity index (χ1) is 14.7. The summed E-state index contributed by atoms with van der Waals surface area (Å²) in [6.45, 7) is 5.47. The zero-order valence-electron chi connectivity index (χ0n) is 17.4. The van der Waals surface area contributed by atoms with E-state index >= 15 is 0 Å². The van der Waals surface area contributed by atoms with Gasteiger partial charge in [-0.25, -0.2) is 5.09 Å². The zero-order chi connectivity index (χ0) is 20.7. The molecular formula is C25H24NO3P. The number of nitrogens with one attached hydrogen (secondary N) is 1. The van der Waals surface area contributed by atoms with Gasteiger partial charge in [-0.05, 0) is 58.7 Å². The number of benzene rings is 4. The van der Waals surface area contributed by atoms with E-state index in [2.05, 4.69) is 79.6 Å². The smallest absolute Gasteiger partial charge is 0.306 e. The molecule has 0 saturated carbocycles. The average Bonchev–Trinajstić information content (AvgIpc) is 2.93. The molecule has 152 valence electrons. The van der Waals surface area contributed by atoms with Crippen molar-refractivity contribution in [1.29, 1.82) is 0 Å². The fourth-order valence-corrected chi connectivity index (χ4v) is 5.40. The van der Waals surface area contributed by atoms with Gasteiger partial charge in [0.05, 0.1) is 6.61 Å². The van der Waals surface area contributed by atoms with Gasteiger partial charge < -0.3 is 13.1 Å². The van der Waals surface area contributed by atoms with Crippen molar-refractivity contribution < 1.29 is 13.1 Å². The quantitative estimate of drug-likeness (QED) is 0.309. The van der Waals surface area contributed by atoms with Gasteiger partial charge in [-0.15, -0.1) is 0 Å². The standard InChI is InChI=1S/C25H24NO3P/c1-16-14-18-8-4-6-10-20(18)22-23-21-11-7-5-9-19(21)15-17(2)25(23)29-30(28-24(16)22)26-12-13-27-3/h4-11,14-15,26H,12-13H2,1-3H3. The first-order valence-corrected chi connectivity index (χ1v) is 11.3. The molecule has 5 aromatic rings. The fourth-order valence-electron chi connectivity index (χ4n) is 4.16. The number of aryl methyl sites for hydroxylation is 2. The minimum absolute atomic E-state index is 0.596. The largest absolute Gasteiger partial charge is 0.408 e. The van der Waals surface area contributed by atoms with Crippen LogP contribution < -0.4 is 5.09 Å². The molecule has 1 aromatic heterocycles. The number of methoxy groups -OCH3 is 1. The van der Waals surface area contributed by atoms with Gasteiger partial charge in [0.25, 0.3) is 0 Å². The summed E-state index contributed by atoms with van der Waals surface area (Å²) in [4.78, 5) is 0. The number of hydrogen-bond acceptors (Lipinski definition) is 4. The molecule has 1 heterocycles. The maximum atomic E-state index is 6.50. The lowest BCUT2D eigenvalue weighted by Gasteiger charge is -2.08. The van der Waals surface area contributed by atoms with Crippen molar-refractivity contribution in [3.05, 3.63) is 71.8 Å². The zero-order valence-corrected chi connectivity index (χ0v) is 18.3. The van der Waals surface area contributed by atoms with E-state index in [1.54, 1.807) is 7.11 Å². The van der Waals surface area contributed by atoms with Crippen molar-refractivity contribution in [2.45, 2.75) is 13.8 Å². The molecule has 30 heavy (non-hydrogen) atoms. The van der Waals surface area contributed by atoms with Crippen LogP contribution in [0.2, 0.25) is 0 Å². The van der Waals surface area contributed by atoms with Crippen molar-refractivity contribution in [2.24, 2.45) is 0 Å². The molecule has 0 unspecified atom stereocenters. The Hall–Kier alpha value is -2.78. The third-order valence-electron chi connectivity index (χ3n) is 5.52. The molecule has 4 nitrogen and oxygen atoms in total. The second-order valence-electron chi connectivity index (χ2n) is 7.58. The first kappa shape index (κ1) is 19.2. The molecule has 0 saturated heterocycles. The van der Waals surface area contributed by atoms with E-state index in [0.717, 1.165) is 33.1 Å². The van der Waals surface area contributed by atoms with Gasteiger partial charge in [-0.3, -0.25) is 0 Å². The fraction of sp³-hybridized carbons (Fsp3) is 0.200. The predicted molar refractivity (Wildman–Crippen MR) is 127 cm³/mol. The van der Waals surface area contributed by atoms with Crippen molar-refractivity contribution in [3.63, 3.8) is 0 Å². The van der Waals surface area contributed by atoms with E-state index in [4.69, 9.17) is 13.1 Å². The molecule has 0 fully saturated rings. The summed E-state index contributed by atoms with van der Waals surface area (Å²) in [6, 6.07) is 21.4. The topological polar surface area (TPSA) is 47.5 Å². The van der Waals surface area contributed by atoms with Gasteiger partial charge in [0, 0.05) is 24.4 Å². The Morgan fingerprint density at radius 2 is 1.30 bits per heavy atom. The number of rotatable bonds is 4. The van der Waals surface area contributed by atoms with Gasteiger partial charge in [0.15, 0.2) is 0 Å². The summed E-state index contributed by atoms with van der Waals surface area (Å²) in [5.41, 5.74) is 3.98. The maximum absolute atomic E-state index is 6.50. The van der Waals surface area contributed by atoms with Crippen LogP contribution in [0.15, 0.2) is 69.1 Å². The van der Waals surface area contributed by atoms with Gasteiger partial charge in [0.1, 0.15) is 11.2 Å².